The average molecular weight is 497 g/mol. The Morgan fingerprint density at radius 2 is 1.21 bits per heavy atom. The second kappa shape index (κ2) is 16.0. The zero-order valence-corrected chi connectivity index (χ0v) is 21.5. The molecule has 12 heteroatoms. The Balaban J connectivity index is 3.79. The third kappa shape index (κ3) is 14.1. The first-order chi connectivity index (χ1) is 15.5. The van der Waals surface area contributed by atoms with Crippen LogP contribution in [-0.2, 0) is 9.59 Å². The summed E-state index contributed by atoms with van der Waals surface area (Å²) in [7, 11) is 0. The van der Waals surface area contributed by atoms with Crippen molar-refractivity contribution in [2.75, 3.05) is 26.2 Å². The molecule has 10 nitrogen and oxygen atoms in total. The summed E-state index contributed by atoms with van der Waals surface area (Å²) in [6.45, 7) is 16.6. The number of carbonyl (C=O) groups is 2. The topological polar surface area (TPSA) is 134 Å². The summed E-state index contributed by atoms with van der Waals surface area (Å²) in [6, 6.07) is 0. The van der Waals surface area contributed by atoms with Gasteiger partial charge in [-0.05, 0) is 56.5 Å². The zero-order chi connectivity index (χ0) is 25.3. The molecule has 0 aromatic rings. The number of hydrogen-bond acceptors (Lipinski definition) is 5. The van der Waals surface area contributed by atoms with E-state index < -0.39 is 10.8 Å². The first-order valence-electron chi connectivity index (χ1n) is 10.9. The molecule has 0 rings (SSSR count). The number of nitrogens with one attached hydrogen (secondary N) is 6. The summed E-state index contributed by atoms with van der Waals surface area (Å²) in [5.41, 5.74) is 0.963. The fraction of sp³-hybridized carbons (Fsp3) is 0.714. The minimum Gasteiger partial charge on any atom is -0.363 e. The average Bonchev–Trinajstić information content (AvgIpc) is 2.74. The van der Waals surface area contributed by atoms with Crippen molar-refractivity contribution >= 4 is 46.5 Å². The Kier molecular flexibility index (Phi) is 14.7. The minimum atomic E-state index is -0.603. The van der Waals surface area contributed by atoms with Gasteiger partial charge < -0.3 is 21.3 Å². The summed E-state index contributed by atoms with van der Waals surface area (Å²) in [5.74, 6) is -0.552. The highest BCUT2D eigenvalue weighted by molar-refractivity contribution is 7.80. The van der Waals surface area contributed by atoms with Crippen LogP contribution in [0.2, 0.25) is 0 Å². The molecular weight excluding hydrogens is 460 g/mol. The highest BCUT2D eigenvalue weighted by Gasteiger charge is 2.29. The van der Waals surface area contributed by atoms with Gasteiger partial charge >= 0.3 is 0 Å². The number of rotatable bonds is 14. The smallest absolute Gasteiger partial charge is 0.293 e. The van der Waals surface area contributed by atoms with Gasteiger partial charge in [-0.15, -0.1) is 0 Å². The van der Waals surface area contributed by atoms with Gasteiger partial charge in [-0.2, -0.15) is 16.8 Å². The zero-order valence-electron chi connectivity index (χ0n) is 19.9. The van der Waals surface area contributed by atoms with Gasteiger partial charge in [-0.25, -0.2) is 0 Å². The Hall–Kier alpha value is -2.70. The van der Waals surface area contributed by atoms with Crippen LogP contribution >= 0.6 is 24.4 Å². The van der Waals surface area contributed by atoms with Crippen LogP contribution in [0.5, 0.6) is 0 Å². The molecule has 0 fully saturated rings. The summed E-state index contributed by atoms with van der Waals surface area (Å²) in [4.78, 5) is 26.5. The molecule has 0 aliphatic rings. The monoisotopic (exact) mass is 496 g/mol. The van der Waals surface area contributed by atoms with Crippen molar-refractivity contribution in [1.29, 1.82) is 5.26 Å². The second-order valence-electron chi connectivity index (χ2n) is 8.81. The van der Waals surface area contributed by atoms with Crippen molar-refractivity contribution < 1.29 is 9.59 Å². The van der Waals surface area contributed by atoms with E-state index >= 15 is 0 Å². The van der Waals surface area contributed by atoms with Gasteiger partial charge in [0.1, 0.15) is 0 Å². The van der Waals surface area contributed by atoms with Crippen molar-refractivity contribution in [3.63, 3.8) is 0 Å². The summed E-state index contributed by atoms with van der Waals surface area (Å²) < 4.78 is 0. The fourth-order valence-corrected chi connectivity index (χ4v) is 3.14. The lowest BCUT2D eigenvalue weighted by atomic mass is 9.87. The molecule has 0 saturated carbocycles. The number of carbonyl (C=O) groups excluding carboxylic acids is 2. The molecule has 184 valence electrons. The molecular formula is C21H36N8O2S2. The van der Waals surface area contributed by atoms with Gasteiger partial charge in [0.15, 0.2) is 16.4 Å². The third-order valence-corrected chi connectivity index (χ3v) is 5.59. The maximum atomic E-state index is 11.8. The maximum Gasteiger partial charge on any atom is 0.293 e. The van der Waals surface area contributed by atoms with Crippen LogP contribution < -0.4 is 32.0 Å². The molecule has 0 bridgehead atoms. The molecule has 0 spiro atoms. The van der Waals surface area contributed by atoms with Gasteiger partial charge in [0.2, 0.25) is 5.91 Å². The normalized spacial score (nSPS) is 10.7. The van der Waals surface area contributed by atoms with E-state index in [0.717, 1.165) is 19.3 Å². The first-order valence-corrected chi connectivity index (χ1v) is 11.7. The highest BCUT2D eigenvalue weighted by Crippen LogP contribution is 2.22. The van der Waals surface area contributed by atoms with E-state index in [-0.39, 0.29) is 11.8 Å². The van der Waals surface area contributed by atoms with Crippen LogP contribution in [0.1, 0.15) is 59.8 Å². The minimum absolute atomic E-state index is 0.273. The SMILES string of the molecule is [C-]#[N+]NC(=O)C(C)(C)CCCNC(=S)NCCCNC(=S)NCCCC(C)(C)C(=O)NC#N. The lowest BCUT2D eigenvalue weighted by Crippen LogP contribution is -2.40. The van der Waals surface area contributed by atoms with Gasteiger partial charge in [0.05, 0.1) is 5.41 Å². The number of nitriles is 1. The molecule has 0 aliphatic carbocycles. The number of amides is 2. The molecule has 2 amide bonds. The van der Waals surface area contributed by atoms with E-state index in [1.165, 1.54) is 0 Å². The summed E-state index contributed by atoms with van der Waals surface area (Å²) >= 11 is 10.5. The van der Waals surface area contributed by atoms with Crippen molar-refractivity contribution in [1.82, 2.24) is 32.0 Å². The quantitative estimate of drug-likeness (QED) is 0.0528. The Morgan fingerprint density at radius 1 is 0.818 bits per heavy atom. The van der Waals surface area contributed by atoms with Crippen LogP contribution in [0.4, 0.5) is 0 Å². The molecule has 0 radical (unpaired) electrons. The summed E-state index contributed by atoms with van der Waals surface area (Å²) in [5, 5.41) is 24.3. The molecule has 6 N–H and O–H groups in total. The first kappa shape index (κ1) is 30.3. The largest absolute Gasteiger partial charge is 0.363 e. The van der Waals surface area contributed by atoms with Crippen LogP contribution in [0.3, 0.4) is 0 Å². The molecule has 0 aromatic heterocycles. The third-order valence-electron chi connectivity index (χ3n) is 5.01. The van der Waals surface area contributed by atoms with E-state index in [4.69, 9.17) is 36.3 Å². The van der Waals surface area contributed by atoms with Gasteiger partial charge in [0, 0.05) is 31.6 Å². The number of hydrogen-bond donors (Lipinski definition) is 6. The van der Waals surface area contributed by atoms with Crippen LogP contribution in [0, 0.1) is 28.9 Å². The van der Waals surface area contributed by atoms with E-state index in [1.807, 2.05) is 13.8 Å². The van der Waals surface area contributed by atoms with Crippen molar-refractivity contribution in [2.45, 2.75) is 59.8 Å². The summed E-state index contributed by atoms with van der Waals surface area (Å²) in [6.07, 6.45) is 5.25. The van der Waals surface area contributed by atoms with E-state index in [0.29, 0.717) is 49.2 Å². The molecule has 33 heavy (non-hydrogen) atoms. The predicted molar refractivity (Wildman–Crippen MR) is 136 cm³/mol. The van der Waals surface area contributed by atoms with Crippen LogP contribution in [0.25, 0.3) is 4.95 Å². The van der Waals surface area contributed by atoms with Crippen molar-refractivity contribution in [3.8, 4) is 6.19 Å². The molecule has 0 aliphatic heterocycles. The maximum absolute atomic E-state index is 11.8. The van der Waals surface area contributed by atoms with Crippen molar-refractivity contribution in [3.05, 3.63) is 11.5 Å². The Morgan fingerprint density at radius 3 is 1.61 bits per heavy atom. The molecule has 0 saturated heterocycles. The standard InChI is InChI=1S/C21H36N8O2S2/c1-20(2,16(30)28-15-22)9-6-11-24-18(32)26-13-8-14-27-19(33)25-12-7-10-21(3,4)17(31)29-23-5/h6-14H2,1-4H3,(H,28,30)(H,29,31)(H2,24,26,32)(H2,25,27,33). The molecule has 0 atom stereocenters. The van der Waals surface area contributed by atoms with Gasteiger partial charge in [-0.1, -0.05) is 33.1 Å². The van der Waals surface area contributed by atoms with Crippen LogP contribution in [0.15, 0.2) is 0 Å². The van der Waals surface area contributed by atoms with E-state index in [9.17, 15) is 9.59 Å². The van der Waals surface area contributed by atoms with E-state index in [1.54, 1.807) is 20.0 Å². The van der Waals surface area contributed by atoms with Gasteiger partial charge in [0.25, 0.3) is 5.91 Å². The van der Waals surface area contributed by atoms with Crippen LogP contribution in [-0.4, -0.2) is 48.2 Å². The molecule has 0 heterocycles. The predicted octanol–water partition coefficient (Wildman–Crippen LogP) is 1.47. The number of thiocarbonyl (C=S) groups is 2. The Bertz CT molecular complexity index is 694. The van der Waals surface area contributed by atoms with Gasteiger partial charge in [-0.3, -0.25) is 14.9 Å². The highest BCUT2D eigenvalue weighted by atomic mass is 32.1. The van der Waals surface area contributed by atoms with Crippen molar-refractivity contribution in [2.24, 2.45) is 10.8 Å². The lowest BCUT2D eigenvalue weighted by molar-refractivity contribution is -0.129. The number of nitrogens with zero attached hydrogens (tertiary/aromatic N) is 2. The second-order valence-corrected chi connectivity index (χ2v) is 9.63. The Labute approximate surface area is 207 Å². The molecule has 0 unspecified atom stereocenters. The fourth-order valence-electron chi connectivity index (χ4n) is 2.73. The molecule has 0 aromatic carbocycles. The lowest BCUT2D eigenvalue weighted by Gasteiger charge is -2.21. The van der Waals surface area contributed by atoms with E-state index in [2.05, 4.69) is 37.0 Å².